The Bertz CT molecular complexity index is 1200. The van der Waals surface area contributed by atoms with Crippen LogP contribution >= 0.6 is 0 Å². The largest absolute Gasteiger partial charge is 0.477 e. The van der Waals surface area contributed by atoms with Gasteiger partial charge < -0.3 is 26.8 Å². The first-order chi connectivity index (χ1) is 16.8. The van der Waals surface area contributed by atoms with E-state index in [-0.39, 0.29) is 29.3 Å². The number of rotatable bonds is 9. The van der Waals surface area contributed by atoms with E-state index in [9.17, 15) is 9.18 Å². The van der Waals surface area contributed by atoms with Crippen molar-refractivity contribution in [3.63, 3.8) is 0 Å². The number of nitrogens with two attached hydrogens (primary N) is 2. The lowest BCUT2D eigenvalue weighted by Crippen LogP contribution is -2.43. The van der Waals surface area contributed by atoms with Gasteiger partial charge in [0, 0.05) is 29.2 Å². The van der Waals surface area contributed by atoms with Crippen molar-refractivity contribution in [2.45, 2.75) is 58.0 Å². The van der Waals surface area contributed by atoms with E-state index in [4.69, 9.17) is 16.2 Å². The molecular weight excluding hydrogens is 447 g/mol. The van der Waals surface area contributed by atoms with Gasteiger partial charge in [0.25, 0.3) is 5.91 Å². The first kappa shape index (κ1) is 24.7. The third-order valence-corrected chi connectivity index (χ3v) is 6.52. The van der Waals surface area contributed by atoms with Gasteiger partial charge in [-0.15, -0.1) is 0 Å². The monoisotopic (exact) mass is 480 g/mol. The molecule has 1 saturated carbocycles. The van der Waals surface area contributed by atoms with Gasteiger partial charge in [-0.3, -0.25) is 4.79 Å². The molecule has 8 nitrogen and oxygen atoms in total. The predicted molar refractivity (Wildman–Crippen MR) is 137 cm³/mol. The Labute approximate surface area is 204 Å². The Kier molecular flexibility index (Phi) is 7.65. The van der Waals surface area contributed by atoms with E-state index in [0.29, 0.717) is 24.1 Å². The minimum absolute atomic E-state index is 0.0343. The fourth-order valence-corrected chi connectivity index (χ4v) is 4.13. The molecule has 1 aliphatic rings. The molecule has 186 valence electrons. The molecule has 35 heavy (non-hydrogen) atoms. The lowest BCUT2D eigenvalue weighted by molar-refractivity contribution is 0.100. The maximum atomic E-state index is 14.8. The fourth-order valence-electron chi connectivity index (χ4n) is 4.13. The van der Waals surface area contributed by atoms with Crippen molar-refractivity contribution in [3.8, 4) is 5.88 Å². The summed E-state index contributed by atoms with van der Waals surface area (Å²) < 4.78 is 20.6. The van der Waals surface area contributed by atoms with Crippen LogP contribution in [0.2, 0.25) is 0 Å². The van der Waals surface area contributed by atoms with E-state index < -0.39 is 11.7 Å². The topological polar surface area (TPSA) is 128 Å². The van der Waals surface area contributed by atoms with Crippen LogP contribution in [0.3, 0.4) is 0 Å². The normalized spacial score (nSPS) is 18.7. The fraction of sp³-hybridized carbons (Fsp3) is 0.423. The second-order valence-corrected chi connectivity index (χ2v) is 9.28. The summed E-state index contributed by atoms with van der Waals surface area (Å²) in [6.45, 7) is 4.87. The predicted octanol–water partition coefficient (Wildman–Crippen LogP) is 4.72. The van der Waals surface area contributed by atoms with Gasteiger partial charge in [-0.2, -0.15) is 0 Å². The Morgan fingerprint density at radius 2 is 1.97 bits per heavy atom. The molecule has 1 unspecified atom stereocenters. The van der Waals surface area contributed by atoms with Crippen molar-refractivity contribution in [1.29, 1.82) is 0 Å². The lowest BCUT2D eigenvalue weighted by Gasteiger charge is -2.30. The van der Waals surface area contributed by atoms with E-state index >= 15 is 0 Å². The summed E-state index contributed by atoms with van der Waals surface area (Å²) in [5, 5.41) is 7.11. The zero-order chi connectivity index (χ0) is 24.9. The van der Waals surface area contributed by atoms with E-state index in [0.717, 1.165) is 49.1 Å². The Morgan fingerprint density at radius 1 is 1.17 bits per heavy atom. The molecule has 1 amide bonds. The van der Waals surface area contributed by atoms with E-state index in [2.05, 4.69) is 34.4 Å². The van der Waals surface area contributed by atoms with Crippen LogP contribution in [0.25, 0.3) is 10.9 Å². The smallest absolute Gasteiger partial charge is 0.252 e. The van der Waals surface area contributed by atoms with Gasteiger partial charge >= 0.3 is 0 Å². The highest BCUT2D eigenvalue weighted by atomic mass is 19.1. The van der Waals surface area contributed by atoms with Gasteiger partial charge in [0.1, 0.15) is 5.82 Å². The molecule has 0 spiro atoms. The standard InChI is InChI=1S/C26H33FN6O2/c1-3-15(2)14-35-23-11-8-16-12-17(9-10-21(16)31-23)30-25-18(24(29)34)13-19(27)26(33-25)32-22-7-5-4-6-20(22)28/h8-13,15,20,22H,3-7,14,28H2,1-2H3,(H2,29,34)(H2,30,32,33)/t15-,20-,22?/m0/s1. The molecule has 9 heteroatoms. The van der Waals surface area contributed by atoms with Crippen LogP contribution in [0, 0.1) is 11.7 Å². The van der Waals surface area contributed by atoms with Crippen LogP contribution in [-0.4, -0.2) is 34.6 Å². The summed E-state index contributed by atoms with van der Waals surface area (Å²) in [7, 11) is 0. The minimum Gasteiger partial charge on any atom is -0.477 e. The number of benzene rings is 1. The molecule has 0 radical (unpaired) electrons. The van der Waals surface area contributed by atoms with E-state index in [1.807, 2.05) is 30.3 Å². The molecule has 3 atom stereocenters. The molecule has 1 aliphatic carbocycles. The zero-order valence-corrected chi connectivity index (χ0v) is 20.2. The maximum Gasteiger partial charge on any atom is 0.252 e. The van der Waals surface area contributed by atoms with Gasteiger partial charge in [-0.1, -0.05) is 33.1 Å². The van der Waals surface area contributed by atoms with Crippen molar-refractivity contribution in [3.05, 3.63) is 47.8 Å². The number of fused-ring (bicyclic) bond motifs is 1. The molecule has 2 heterocycles. The highest BCUT2D eigenvalue weighted by molar-refractivity contribution is 5.99. The molecule has 4 rings (SSSR count). The van der Waals surface area contributed by atoms with Crippen LogP contribution < -0.4 is 26.8 Å². The number of nitrogens with zero attached hydrogens (tertiary/aromatic N) is 2. The summed E-state index contributed by atoms with van der Waals surface area (Å²) in [5.41, 5.74) is 13.1. The first-order valence-corrected chi connectivity index (χ1v) is 12.2. The van der Waals surface area contributed by atoms with Crippen LogP contribution in [-0.2, 0) is 0 Å². The zero-order valence-electron chi connectivity index (χ0n) is 20.2. The molecule has 0 bridgehead atoms. The number of carbonyl (C=O) groups is 1. The highest BCUT2D eigenvalue weighted by Gasteiger charge is 2.24. The number of pyridine rings is 2. The molecule has 0 saturated heterocycles. The van der Waals surface area contributed by atoms with Gasteiger partial charge in [-0.05, 0) is 49.1 Å². The third kappa shape index (κ3) is 5.97. The molecular formula is C26H33FN6O2. The van der Waals surface area contributed by atoms with Crippen LogP contribution in [0.5, 0.6) is 5.88 Å². The quantitative estimate of drug-likeness (QED) is 0.349. The summed E-state index contributed by atoms with van der Waals surface area (Å²) >= 11 is 0. The molecule has 0 aliphatic heterocycles. The molecule has 1 aromatic carbocycles. The molecule has 3 aromatic rings. The Balaban J connectivity index is 1.57. The maximum absolute atomic E-state index is 14.8. The van der Waals surface area contributed by atoms with E-state index in [1.54, 1.807) is 0 Å². The minimum atomic E-state index is -0.773. The number of amides is 1. The first-order valence-electron chi connectivity index (χ1n) is 12.2. The average molecular weight is 481 g/mol. The molecule has 1 fully saturated rings. The molecule has 2 aromatic heterocycles. The van der Waals surface area contributed by atoms with Gasteiger partial charge in [0.05, 0.1) is 17.7 Å². The van der Waals surface area contributed by atoms with Gasteiger partial charge in [0.2, 0.25) is 5.88 Å². The number of aromatic nitrogens is 2. The number of hydrogen-bond acceptors (Lipinski definition) is 7. The average Bonchev–Trinajstić information content (AvgIpc) is 2.85. The number of halogens is 1. The summed E-state index contributed by atoms with van der Waals surface area (Å²) in [4.78, 5) is 20.9. The summed E-state index contributed by atoms with van der Waals surface area (Å²) in [6, 6.07) is 10.2. The van der Waals surface area contributed by atoms with Crippen LogP contribution in [0.15, 0.2) is 36.4 Å². The lowest BCUT2D eigenvalue weighted by atomic mass is 9.91. The van der Waals surface area contributed by atoms with Crippen molar-refractivity contribution < 1.29 is 13.9 Å². The number of carbonyl (C=O) groups excluding carboxylic acids is 1. The van der Waals surface area contributed by atoms with Crippen LogP contribution in [0.4, 0.5) is 21.7 Å². The van der Waals surface area contributed by atoms with Gasteiger partial charge in [-0.25, -0.2) is 14.4 Å². The van der Waals surface area contributed by atoms with Gasteiger partial charge in [0.15, 0.2) is 11.6 Å². The Morgan fingerprint density at radius 3 is 2.71 bits per heavy atom. The third-order valence-electron chi connectivity index (χ3n) is 6.52. The number of nitrogens with one attached hydrogen (secondary N) is 2. The summed E-state index contributed by atoms with van der Waals surface area (Å²) in [6.07, 6.45) is 4.83. The van der Waals surface area contributed by atoms with Crippen molar-refractivity contribution in [2.24, 2.45) is 17.4 Å². The number of anilines is 3. The van der Waals surface area contributed by atoms with Crippen molar-refractivity contribution in [2.75, 3.05) is 17.2 Å². The SMILES string of the molecule is CC[C@H](C)COc1ccc2cc(Nc3nc(NC4CCCC[C@@H]4N)c(F)cc3C(N)=O)ccc2n1. The highest BCUT2D eigenvalue weighted by Crippen LogP contribution is 2.28. The second-order valence-electron chi connectivity index (χ2n) is 9.28. The van der Waals surface area contributed by atoms with Crippen molar-refractivity contribution in [1.82, 2.24) is 9.97 Å². The second kappa shape index (κ2) is 10.9. The summed E-state index contributed by atoms with van der Waals surface area (Å²) in [5.74, 6) is -0.168. The Hall–Kier alpha value is -3.46. The van der Waals surface area contributed by atoms with Crippen molar-refractivity contribution >= 4 is 34.1 Å². The van der Waals surface area contributed by atoms with Crippen LogP contribution in [0.1, 0.15) is 56.3 Å². The number of primary amides is 1. The molecule has 6 N–H and O–H groups in total. The number of hydrogen-bond donors (Lipinski definition) is 4. The van der Waals surface area contributed by atoms with E-state index in [1.165, 1.54) is 0 Å². The number of ether oxygens (including phenoxy) is 1.